The maximum Gasteiger partial charge on any atom is 0.313 e. The number of carbonyl (C=O) groups excluding carboxylic acids is 1. The molecular weight excluding hydrogens is 314 g/mol. The van der Waals surface area contributed by atoms with Gasteiger partial charge in [0.1, 0.15) is 11.1 Å². The van der Waals surface area contributed by atoms with E-state index in [1.165, 1.54) is 17.8 Å². The molecule has 1 atom stereocenters. The van der Waals surface area contributed by atoms with Gasteiger partial charge in [-0.15, -0.1) is 10.2 Å². The van der Waals surface area contributed by atoms with Crippen molar-refractivity contribution in [1.82, 2.24) is 10.2 Å². The molecule has 0 saturated carbocycles. The second-order valence-corrected chi connectivity index (χ2v) is 6.87. The van der Waals surface area contributed by atoms with Crippen molar-refractivity contribution in [3.8, 4) is 0 Å². The second kappa shape index (κ2) is 8.59. The van der Waals surface area contributed by atoms with Gasteiger partial charge in [-0.3, -0.25) is 4.79 Å². The van der Waals surface area contributed by atoms with Gasteiger partial charge in [0.25, 0.3) is 0 Å². The van der Waals surface area contributed by atoms with Crippen LogP contribution in [-0.4, -0.2) is 35.9 Å². The molecule has 1 saturated heterocycles. The summed E-state index contributed by atoms with van der Waals surface area (Å²) in [6.45, 7) is 7.59. The summed E-state index contributed by atoms with van der Waals surface area (Å²) in [6.07, 6.45) is 4.83. The number of ether oxygens (including phenoxy) is 2. The molecule has 0 amide bonds. The van der Waals surface area contributed by atoms with E-state index < -0.39 is 5.41 Å². The van der Waals surface area contributed by atoms with E-state index in [-0.39, 0.29) is 12.1 Å². The first-order valence-corrected chi connectivity index (χ1v) is 9.33. The number of anilines is 1. The molecule has 0 spiro atoms. The van der Waals surface area contributed by atoms with Crippen LogP contribution in [0.5, 0.6) is 0 Å². The Bertz CT molecular complexity index is 497. The van der Waals surface area contributed by atoms with Gasteiger partial charge < -0.3 is 14.8 Å². The summed E-state index contributed by atoms with van der Waals surface area (Å²) in [5, 5.41) is 13.4. The molecule has 1 N–H and O–H groups in total. The van der Waals surface area contributed by atoms with Crippen LogP contribution in [0.3, 0.4) is 0 Å². The molecule has 23 heavy (non-hydrogen) atoms. The lowest BCUT2D eigenvalue weighted by atomic mass is 9.82. The van der Waals surface area contributed by atoms with E-state index in [1.54, 1.807) is 0 Å². The molecule has 0 bridgehead atoms. The standard InChI is InChI=1S/C16H27N3O3S/c1-4-16(5-2,14(20)21-6-3)11-17-15-19-18-13(23-15)12-9-7-8-10-22-12/h12H,4-11H2,1-3H3,(H,17,19). The van der Waals surface area contributed by atoms with Crippen LogP contribution < -0.4 is 5.32 Å². The minimum Gasteiger partial charge on any atom is -0.466 e. The Labute approximate surface area is 142 Å². The molecular formula is C16H27N3O3S. The lowest BCUT2D eigenvalue weighted by Gasteiger charge is -2.29. The predicted octanol–water partition coefficient (Wildman–Crippen LogP) is 3.56. The molecule has 0 aliphatic carbocycles. The number of carbonyl (C=O) groups is 1. The van der Waals surface area contributed by atoms with Crippen LogP contribution in [0.4, 0.5) is 5.13 Å². The van der Waals surface area contributed by atoms with Crippen LogP contribution in [-0.2, 0) is 14.3 Å². The largest absolute Gasteiger partial charge is 0.466 e. The van der Waals surface area contributed by atoms with Gasteiger partial charge in [-0.05, 0) is 39.0 Å². The summed E-state index contributed by atoms with van der Waals surface area (Å²) >= 11 is 1.52. The minimum absolute atomic E-state index is 0.0731. The first-order valence-electron chi connectivity index (χ1n) is 8.51. The SMILES string of the molecule is CCOC(=O)C(CC)(CC)CNc1nnc(C2CCCCO2)s1. The highest BCUT2D eigenvalue weighted by Gasteiger charge is 2.36. The number of aromatic nitrogens is 2. The van der Waals surface area contributed by atoms with Crippen molar-refractivity contribution in [2.24, 2.45) is 5.41 Å². The van der Waals surface area contributed by atoms with Crippen LogP contribution in [0.2, 0.25) is 0 Å². The van der Waals surface area contributed by atoms with Gasteiger partial charge in [0, 0.05) is 13.2 Å². The van der Waals surface area contributed by atoms with Gasteiger partial charge in [0.2, 0.25) is 5.13 Å². The molecule has 1 aliphatic rings. The normalized spacial score (nSPS) is 18.7. The number of hydrogen-bond acceptors (Lipinski definition) is 7. The predicted molar refractivity (Wildman–Crippen MR) is 90.6 cm³/mol. The first-order chi connectivity index (χ1) is 11.1. The fourth-order valence-corrected chi connectivity index (χ4v) is 3.58. The highest BCUT2D eigenvalue weighted by Crippen LogP contribution is 2.33. The lowest BCUT2D eigenvalue weighted by Crippen LogP contribution is -2.38. The van der Waals surface area contributed by atoms with Crippen molar-refractivity contribution < 1.29 is 14.3 Å². The van der Waals surface area contributed by atoms with E-state index in [0.717, 1.165) is 42.4 Å². The number of nitrogens with one attached hydrogen (secondary N) is 1. The van der Waals surface area contributed by atoms with Crippen LogP contribution in [0.1, 0.15) is 64.0 Å². The maximum absolute atomic E-state index is 12.3. The molecule has 1 unspecified atom stereocenters. The number of rotatable bonds is 8. The summed E-state index contributed by atoms with van der Waals surface area (Å²) in [4.78, 5) is 12.3. The average molecular weight is 341 g/mol. The van der Waals surface area contributed by atoms with Crippen LogP contribution in [0.15, 0.2) is 0 Å². The summed E-state index contributed by atoms with van der Waals surface area (Å²) in [7, 11) is 0. The Morgan fingerprint density at radius 3 is 2.74 bits per heavy atom. The fraction of sp³-hybridized carbons (Fsp3) is 0.812. The Kier molecular flexibility index (Phi) is 6.77. The Hall–Kier alpha value is -1.21. The van der Waals surface area contributed by atoms with E-state index in [9.17, 15) is 4.79 Å². The lowest BCUT2D eigenvalue weighted by molar-refractivity contribution is -0.155. The van der Waals surface area contributed by atoms with Gasteiger partial charge in [0.05, 0.1) is 12.0 Å². The molecule has 2 heterocycles. The van der Waals surface area contributed by atoms with Crippen molar-refractivity contribution >= 4 is 22.4 Å². The quantitative estimate of drug-likeness (QED) is 0.729. The molecule has 7 heteroatoms. The third kappa shape index (κ3) is 4.41. The zero-order chi connectivity index (χ0) is 16.7. The van der Waals surface area contributed by atoms with E-state index in [2.05, 4.69) is 15.5 Å². The minimum atomic E-state index is -0.511. The van der Waals surface area contributed by atoms with E-state index in [1.807, 2.05) is 20.8 Å². The zero-order valence-electron chi connectivity index (χ0n) is 14.3. The van der Waals surface area contributed by atoms with Crippen molar-refractivity contribution in [3.05, 3.63) is 5.01 Å². The molecule has 1 aromatic rings. The molecule has 1 aromatic heterocycles. The number of nitrogens with zero attached hydrogens (tertiary/aromatic N) is 2. The summed E-state index contributed by atoms with van der Waals surface area (Å²) in [6, 6.07) is 0. The monoisotopic (exact) mass is 341 g/mol. The first kappa shape index (κ1) is 18.1. The summed E-state index contributed by atoms with van der Waals surface area (Å²) < 4.78 is 11.0. The van der Waals surface area contributed by atoms with Gasteiger partial charge in [-0.25, -0.2) is 0 Å². The Balaban J connectivity index is 1.98. The van der Waals surface area contributed by atoms with Gasteiger partial charge >= 0.3 is 5.97 Å². The van der Waals surface area contributed by atoms with Crippen molar-refractivity contribution in [2.45, 2.75) is 59.0 Å². The number of esters is 1. The molecule has 130 valence electrons. The van der Waals surface area contributed by atoms with Crippen LogP contribution in [0, 0.1) is 5.41 Å². The molecule has 0 aromatic carbocycles. The summed E-state index contributed by atoms with van der Waals surface area (Å²) in [5.41, 5.74) is -0.511. The highest BCUT2D eigenvalue weighted by molar-refractivity contribution is 7.15. The van der Waals surface area contributed by atoms with Gasteiger partial charge in [-0.2, -0.15) is 0 Å². The molecule has 1 aliphatic heterocycles. The van der Waals surface area contributed by atoms with Gasteiger partial charge in [0.15, 0.2) is 0 Å². The van der Waals surface area contributed by atoms with E-state index in [4.69, 9.17) is 9.47 Å². The topological polar surface area (TPSA) is 73.3 Å². The smallest absolute Gasteiger partial charge is 0.313 e. The Morgan fingerprint density at radius 1 is 1.35 bits per heavy atom. The molecule has 6 nitrogen and oxygen atoms in total. The highest BCUT2D eigenvalue weighted by atomic mass is 32.1. The maximum atomic E-state index is 12.3. The van der Waals surface area contributed by atoms with Crippen molar-refractivity contribution in [2.75, 3.05) is 25.1 Å². The van der Waals surface area contributed by atoms with E-state index >= 15 is 0 Å². The zero-order valence-corrected chi connectivity index (χ0v) is 15.1. The van der Waals surface area contributed by atoms with Gasteiger partial charge in [-0.1, -0.05) is 25.2 Å². The average Bonchev–Trinajstić information content (AvgIpc) is 3.06. The van der Waals surface area contributed by atoms with E-state index in [0.29, 0.717) is 13.2 Å². The fourth-order valence-electron chi connectivity index (χ4n) is 2.76. The molecule has 0 radical (unpaired) electrons. The van der Waals surface area contributed by atoms with Crippen LogP contribution in [0.25, 0.3) is 0 Å². The number of hydrogen-bond donors (Lipinski definition) is 1. The third-order valence-corrected chi connectivity index (χ3v) is 5.51. The van der Waals surface area contributed by atoms with Crippen LogP contribution >= 0.6 is 11.3 Å². The Morgan fingerprint density at radius 2 is 2.13 bits per heavy atom. The van der Waals surface area contributed by atoms with Crippen molar-refractivity contribution in [1.29, 1.82) is 0 Å². The molecule has 2 rings (SSSR count). The third-order valence-electron chi connectivity index (χ3n) is 4.54. The van der Waals surface area contributed by atoms with Crippen molar-refractivity contribution in [3.63, 3.8) is 0 Å². The molecule has 1 fully saturated rings. The second-order valence-electron chi connectivity index (χ2n) is 5.86. The summed E-state index contributed by atoms with van der Waals surface area (Å²) in [5.74, 6) is -0.141.